The molecule has 4 aromatic carbocycles. The number of rotatable bonds is 6. The fourth-order valence-corrected chi connectivity index (χ4v) is 7.64. The van der Waals surface area contributed by atoms with E-state index in [4.69, 9.17) is 0 Å². The fraction of sp³-hybridized carbons (Fsp3) is 0.212. The highest BCUT2D eigenvalue weighted by atomic mass is 16.4. The van der Waals surface area contributed by atoms with Crippen molar-refractivity contribution in [1.29, 1.82) is 0 Å². The first-order valence-electron chi connectivity index (χ1n) is 12.6. The standard InChI is InChI=1S/C33H28O4/c1-31(2,32(19-29(34)35)25-15-7-3-11-21(25)22-12-4-8-16-26(22)32)33(20-30(36)37)27-17-9-5-13-23(27)24-14-6-10-18-28(24)33/h3-18H,19-20H2,1-2H3,(H,34,35)(H,36,37). The minimum absolute atomic E-state index is 0.153. The third kappa shape index (κ3) is 2.84. The maximum Gasteiger partial charge on any atom is 0.304 e. The highest BCUT2D eigenvalue weighted by molar-refractivity contribution is 5.89. The summed E-state index contributed by atoms with van der Waals surface area (Å²) in [6, 6.07) is 32.1. The van der Waals surface area contributed by atoms with Crippen LogP contribution in [-0.2, 0) is 20.4 Å². The monoisotopic (exact) mass is 488 g/mol. The Morgan fingerprint density at radius 2 is 0.784 bits per heavy atom. The molecule has 2 aliphatic carbocycles. The van der Waals surface area contributed by atoms with Gasteiger partial charge in [-0.2, -0.15) is 0 Å². The van der Waals surface area contributed by atoms with Gasteiger partial charge in [-0.25, -0.2) is 0 Å². The predicted molar refractivity (Wildman–Crippen MR) is 144 cm³/mol. The maximum atomic E-state index is 12.7. The summed E-state index contributed by atoms with van der Waals surface area (Å²) in [7, 11) is 0. The Kier molecular flexibility index (Phi) is 4.97. The third-order valence-electron chi connectivity index (χ3n) is 9.09. The Balaban J connectivity index is 1.78. The van der Waals surface area contributed by atoms with E-state index < -0.39 is 28.2 Å². The zero-order chi connectivity index (χ0) is 26.0. The zero-order valence-corrected chi connectivity index (χ0v) is 20.9. The quantitative estimate of drug-likeness (QED) is 0.310. The van der Waals surface area contributed by atoms with Gasteiger partial charge >= 0.3 is 11.9 Å². The molecule has 0 aromatic heterocycles. The molecule has 37 heavy (non-hydrogen) atoms. The van der Waals surface area contributed by atoms with Crippen LogP contribution < -0.4 is 0 Å². The maximum absolute atomic E-state index is 12.7. The van der Waals surface area contributed by atoms with Crippen molar-refractivity contribution in [3.8, 4) is 22.3 Å². The van der Waals surface area contributed by atoms with Crippen LogP contribution in [0.15, 0.2) is 97.1 Å². The van der Waals surface area contributed by atoms with Crippen molar-refractivity contribution in [1.82, 2.24) is 0 Å². The molecule has 6 rings (SSSR count). The molecular formula is C33H28O4. The Bertz CT molecular complexity index is 1370. The number of benzene rings is 4. The Labute approximate surface area is 216 Å². The molecule has 0 aliphatic heterocycles. The van der Waals surface area contributed by atoms with Gasteiger partial charge in [0, 0.05) is 10.8 Å². The van der Waals surface area contributed by atoms with Gasteiger partial charge in [-0.15, -0.1) is 0 Å². The van der Waals surface area contributed by atoms with Gasteiger partial charge in [-0.05, 0) is 49.9 Å². The number of aliphatic carboxylic acids is 2. The number of carboxylic acid groups (broad SMARTS) is 2. The SMILES string of the molecule is CC(C)(C1(CC(=O)O)c2ccccc2-c2ccccc21)C1(CC(=O)O)c2ccccc2-c2ccccc21. The molecule has 0 bridgehead atoms. The van der Waals surface area contributed by atoms with Crippen molar-refractivity contribution in [2.75, 3.05) is 0 Å². The van der Waals surface area contributed by atoms with Crippen LogP contribution in [-0.4, -0.2) is 22.2 Å². The molecule has 0 unspecified atom stereocenters. The summed E-state index contributed by atoms with van der Waals surface area (Å²) >= 11 is 0. The second kappa shape index (κ2) is 7.91. The first-order valence-corrected chi connectivity index (χ1v) is 12.6. The molecule has 0 heterocycles. The minimum atomic E-state index is -0.980. The number of fused-ring (bicyclic) bond motifs is 6. The van der Waals surface area contributed by atoms with Crippen molar-refractivity contribution < 1.29 is 19.8 Å². The molecule has 4 aromatic rings. The van der Waals surface area contributed by atoms with Gasteiger partial charge in [0.1, 0.15) is 0 Å². The van der Waals surface area contributed by atoms with E-state index in [1.165, 1.54) is 0 Å². The molecule has 0 saturated heterocycles. The molecule has 0 atom stereocenters. The van der Waals surface area contributed by atoms with E-state index in [0.29, 0.717) is 0 Å². The van der Waals surface area contributed by atoms with Gasteiger partial charge < -0.3 is 10.2 Å². The van der Waals surface area contributed by atoms with E-state index in [1.807, 2.05) is 97.1 Å². The molecular weight excluding hydrogens is 460 g/mol. The molecule has 184 valence electrons. The van der Waals surface area contributed by atoms with Gasteiger partial charge in [0.25, 0.3) is 0 Å². The van der Waals surface area contributed by atoms with Crippen LogP contribution in [0.25, 0.3) is 22.3 Å². The predicted octanol–water partition coefficient (Wildman–Crippen LogP) is 6.90. The van der Waals surface area contributed by atoms with Crippen LogP contribution in [0.1, 0.15) is 48.9 Å². The topological polar surface area (TPSA) is 74.6 Å². The van der Waals surface area contributed by atoms with E-state index in [0.717, 1.165) is 44.5 Å². The first-order chi connectivity index (χ1) is 17.8. The number of hydrogen-bond donors (Lipinski definition) is 2. The average Bonchev–Trinajstić information content (AvgIpc) is 3.34. The highest BCUT2D eigenvalue weighted by Crippen LogP contribution is 2.69. The van der Waals surface area contributed by atoms with Crippen LogP contribution in [0, 0.1) is 5.41 Å². The second-order valence-corrected chi connectivity index (χ2v) is 10.8. The Morgan fingerprint density at radius 3 is 1.03 bits per heavy atom. The minimum Gasteiger partial charge on any atom is -0.481 e. The molecule has 2 N–H and O–H groups in total. The first kappa shape index (κ1) is 23.2. The van der Waals surface area contributed by atoms with Crippen molar-refractivity contribution in [3.63, 3.8) is 0 Å². The molecule has 2 aliphatic rings. The summed E-state index contributed by atoms with van der Waals surface area (Å²) in [6.45, 7) is 4.16. The third-order valence-corrected chi connectivity index (χ3v) is 9.09. The number of hydrogen-bond acceptors (Lipinski definition) is 2. The lowest BCUT2D eigenvalue weighted by molar-refractivity contribution is -0.141. The highest BCUT2D eigenvalue weighted by Gasteiger charge is 2.65. The van der Waals surface area contributed by atoms with Crippen LogP contribution in [0.2, 0.25) is 0 Å². The van der Waals surface area contributed by atoms with E-state index in [1.54, 1.807) is 0 Å². The molecule has 4 nitrogen and oxygen atoms in total. The fourth-order valence-electron chi connectivity index (χ4n) is 7.64. The van der Waals surface area contributed by atoms with Crippen molar-refractivity contribution >= 4 is 11.9 Å². The molecule has 0 saturated carbocycles. The van der Waals surface area contributed by atoms with Crippen molar-refractivity contribution in [2.45, 2.75) is 37.5 Å². The molecule has 0 fully saturated rings. The summed E-state index contributed by atoms with van der Waals surface area (Å²) in [5, 5.41) is 20.9. The summed E-state index contributed by atoms with van der Waals surface area (Å²) in [6.07, 6.45) is -0.306. The van der Waals surface area contributed by atoms with Crippen molar-refractivity contribution in [2.24, 2.45) is 5.41 Å². The second-order valence-electron chi connectivity index (χ2n) is 10.8. The van der Waals surface area contributed by atoms with Crippen LogP contribution in [0.4, 0.5) is 0 Å². The smallest absolute Gasteiger partial charge is 0.304 e. The van der Waals surface area contributed by atoms with Crippen molar-refractivity contribution in [3.05, 3.63) is 119 Å². The molecule has 0 radical (unpaired) electrons. The van der Waals surface area contributed by atoms with E-state index >= 15 is 0 Å². The summed E-state index contributed by atoms with van der Waals surface area (Å²) in [5.41, 5.74) is 4.97. The summed E-state index contributed by atoms with van der Waals surface area (Å²) in [4.78, 5) is 25.5. The van der Waals surface area contributed by atoms with Crippen LogP contribution in [0.3, 0.4) is 0 Å². The van der Waals surface area contributed by atoms with Gasteiger partial charge in [-0.3, -0.25) is 9.59 Å². The van der Waals surface area contributed by atoms with Gasteiger partial charge in [0.2, 0.25) is 0 Å². The molecule has 4 heteroatoms. The largest absolute Gasteiger partial charge is 0.481 e. The molecule has 0 amide bonds. The Hall–Kier alpha value is -4.18. The summed E-state index contributed by atoms with van der Waals surface area (Å²) in [5.74, 6) is -1.82. The Morgan fingerprint density at radius 1 is 0.541 bits per heavy atom. The zero-order valence-electron chi connectivity index (χ0n) is 20.9. The lowest BCUT2D eigenvalue weighted by Gasteiger charge is -2.56. The lowest BCUT2D eigenvalue weighted by atomic mass is 9.45. The van der Waals surface area contributed by atoms with E-state index in [-0.39, 0.29) is 12.8 Å². The van der Waals surface area contributed by atoms with Gasteiger partial charge in [0.05, 0.1) is 12.8 Å². The van der Waals surface area contributed by atoms with Crippen LogP contribution in [0.5, 0.6) is 0 Å². The van der Waals surface area contributed by atoms with Gasteiger partial charge in [0.15, 0.2) is 0 Å². The number of carboxylic acids is 2. The summed E-state index contributed by atoms with van der Waals surface area (Å²) < 4.78 is 0. The molecule has 0 spiro atoms. The van der Waals surface area contributed by atoms with Gasteiger partial charge in [-0.1, -0.05) is 111 Å². The average molecular weight is 489 g/mol. The lowest BCUT2D eigenvalue weighted by Crippen LogP contribution is -2.56. The van der Waals surface area contributed by atoms with E-state index in [2.05, 4.69) is 13.8 Å². The number of carbonyl (C=O) groups is 2. The van der Waals surface area contributed by atoms with E-state index in [9.17, 15) is 19.8 Å². The van der Waals surface area contributed by atoms with Crippen LogP contribution >= 0.6 is 0 Å². The normalized spacial score (nSPS) is 15.8.